The molecule has 2 saturated heterocycles. The Morgan fingerprint density at radius 1 is 1.18 bits per heavy atom. The number of likely N-dealkylation sites (tertiary alicyclic amines) is 1. The highest BCUT2D eigenvalue weighted by Gasteiger charge is 2.53. The van der Waals surface area contributed by atoms with E-state index in [4.69, 9.17) is 30.4 Å². The first-order valence-electron chi connectivity index (χ1n) is 11.1. The van der Waals surface area contributed by atoms with E-state index >= 15 is 0 Å². The van der Waals surface area contributed by atoms with Crippen LogP contribution in [0.3, 0.4) is 0 Å². The van der Waals surface area contributed by atoms with Gasteiger partial charge in [0.2, 0.25) is 0 Å². The third-order valence-electron chi connectivity index (χ3n) is 6.08. The number of rotatable bonds is 3. The van der Waals surface area contributed by atoms with Gasteiger partial charge in [0.05, 0.1) is 30.7 Å². The molecule has 2 fully saturated rings. The summed E-state index contributed by atoms with van der Waals surface area (Å²) in [5.41, 5.74) is -0.814. The molecule has 0 aromatic heterocycles. The number of carbonyl (C=O) groups is 1. The molecule has 0 radical (unpaired) electrons. The maximum absolute atomic E-state index is 14.6. The fourth-order valence-corrected chi connectivity index (χ4v) is 4.11. The largest absolute Gasteiger partial charge is 0.498 e. The molecule has 1 aromatic rings. The van der Waals surface area contributed by atoms with Crippen LogP contribution in [-0.4, -0.2) is 60.0 Å². The Kier molecular flexibility index (Phi) is 6.77. The first kappa shape index (κ1) is 26.0. The second kappa shape index (κ2) is 8.58. The Morgan fingerprint density at radius 2 is 1.76 bits per heavy atom. The van der Waals surface area contributed by atoms with Crippen LogP contribution in [0.25, 0.3) is 0 Å². The van der Waals surface area contributed by atoms with Crippen LogP contribution >= 0.6 is 11.6 Å². The number of hydrogen-bond acceptors (Lipinski definition) is 5. The number of hydrogen-bond donors (Lipinski definition) is 0. The number of benzene rings is 1. The quantitative estimate of drug-likeness (QED) is 0.563. The number of aryl methyl sites for hydroxylation is 1. The smallest absolute Gasteiger partial charge is 0.488 e. The number of alkyl halides is 2. The zero-order valence-electron chi connectivity index (χ0n) is 20.6. The Balaban J connectivity index is 1.89. The summed E-state index contributed by atoms with van der Waals surface area (Å²) in [7, 11) is -0.784. The molecule has 0 N–H and O–H groups in total. The predicted octanol–water partition coefficient (Wildman–Crippen LogP) is 4.97. The van der Waals surface area contributed by atoms with Gasteiger partial charge < -0.3 is 18.8 Å². The van der Waals surface area contributed by atoms with Gasteiger partial charge in [-0.3, -0.25) is 4.90 Å². The Hall–Kier alpha value is -1.58. The molecule has 6 nitrogen and oxygen atoms in total. The molecule has 3 rings (SSSR count). The van der Waals surface area contributed by atoms with E-state index in [1.54, 1.807) is 39.8 Å². The zero-order valence-corrected chi connectivity index (χ0v) is 21.3. The van der Waals surface area contributed by atoms with E-state index in [0.29, 0.717) is 21.8 Å². The molecule has 2 aliphatic rings. The van der Waals surface area contributed by atoms with Crippen molar-refractivity contribution in [3.05, 3.63) is 22.7 Å². The van der Waals surface area contributed by atoms with Gasteiger partial charge in [-0.25, -0.2) is 13.6 Å². The molecule has 0 spiro atoms. The highest BCUT2D eigenvalue weighted by atomic mass is 35.5. The van der Waals surface area contributed by atoms with Crippen molar-refractivity contribution in [1.29, 1.82) is 0 Å². The summed E-state index contributed by atoms with van der Waals surface area (Å²) in [6, 6.07) is 3.36. The summed E-state index contributed by atoms with van der Waals surface area (Å²) in [5, 5.41) is 0.453. The Morgan fingerprint density at radius 3 is 2.30 bits per heavy atom. The van der Waals surface area contributed by atoms with Crippen molar-refractivity contribution >= 4 is 30.3 Å². The van der Waals surface area contributed by atoms with Gasteiger partial charge in [-0.05, 0) is 73.1 Å². The molecule has 33 heavy (non-hydrogen) atoms. The molecule has 0 bridgehead atoms. The average molecular weight is 488 g/mol. The van der Waals surface area contributed by atoms with Crippen LogP contribution in [0.1, 0.15) is 60.5 Å². The van der Waals surface area contributed by atoms with Crippen molar-refractivity contribution in [2.75, 3.05) is 13.1 Å². The normalized spacial score (nSPS) is 24.0. The van der Waals surface area contributed by atoms with Crippen LogP contribution < -0.4 is 10.2 Å². The number of halogens is 3. The first-order chi connectivity index (χ1) is 14.9. The van der Waals surface area contributed by atoms with Crippen molar-refractivity contribution < 1.29 is 32.4 Å². The number of ether oxygens (including phenoxy) is 2. The SMILES string of the molecule is Cc1cc(Cl)cc(B2OC(C)(C)C(C)(C)O2)c1O[C@@H]1CN(C(=O)OC(C)(C)C)CC(F)(F)C1. The molecule has 184 valence electrons. The summed E-state index contributed by atoms with van der Waals surface area (Å²) in [6.45, 7) is 13.8. The highest BCUT2D eigenvalue weighted by molar-refractivity contribution is 6.63. The standard InChI is InChI=1S/C23H33BClF2NO5/c1-14-9-15(25)10-17(24-32-21(5,6)22(7,8)33-24)18(14)30-16-11-23(26,27)13-28(12-16)19(29)31-20(2,3)4/h9-10,16H,11-13H2,1-8H3/t16-/m0/s1. The van der Waals surface area contributed by atoms with Crippen LogP contribution in [0.15, 0.2) is 12.1 Å². The van der Waals surface area contributed by atoms with Gasteiger partial charge in [0, 0.05) is 10.5 Å². The van der Waals surface area contributed by atoms with Gasteiger partial charge in [-0.15, -0.1) is 0 Å². The number of carbonyl (C=O) groups excluding carboxylic acids is 1. The van der Waals surface area contributed by atoms with Gasteiger partial charge in [-0.1, -0.05) is 11.6 Å². The number of piperidine rings is 1. The fourth-order valence-electron chi connectivity index (χ4n) is 3.82. The van der Waals surface area contributed by atoms with Gasteiger partial charge in [0.1, 0.15) is 17.5 Å². The van der Waals surface area contributed by atoms with E-state index in [9.17, 15) is 13.6 Å². The van der Waals surface area contributed by atoms with Crippen molar-refractivity contribution in [2.24, 2.45) is 0 Å². The molecule has 1 atom stereocenters. The topological polar surface area (TPSA) is 57.2 Å². The molecular formula is C23H33BClF2NO5. The van der Waals surface area contributed by atoms with E-state index in [1.165, 1.54) is 0 Å². The van der Waals surface area contributed by atoms with Crippen LogP contribution in [0.2, 0.25) is 5.02 Å². The van der Waals surface area contributed by atoms with Gasteiger partial charge in [0.15, 0.2) is 0 Å². The van der Waals surface area contributed by atoms with Crippen molar-refractivity contribution in [3.63, 3.8) is 0 Å². The van der Waals surface area contributed by atoms with Crippen LogP contribution in [0, 0.1) is 6.92 Å². The van der Waals surface area contributed by atoms with E-state index in [2.05, 4.69) is 0 Å². The number of amides is 1. The third kappa shape index (κ3) is 5.92. The summed E-state index contributed by atoms with van der Waals surface area (Å²) in [5.74, 6) is -2.75. The summed E-state index contributed by atoms with van der Waals surface area (Å²) >= 11 is 6.30. The average Bonchev–Trinajstić information content (AvgIpc) is 2.81. The van der Waals surface area contributed by atoms with Crippen LogP contribution in [-0.2, 0) is 14.0 Å². The Labute approximate surface area is 200 Å². The maximum atomic E-state index is 14.6. The minimum Gasteiger partial charge on any atom is -0.488 e. The molecule has 0 saturated carbocycles. The Bertz CT molecular complexity index is 903. The lowest BCUT2D eigenvalue weighted by molar-refractivity contribution is -0.101. The predicted molar refractivity (Wildman–Crippen MR) is 124 cm³/mol. The van der Waals surface area contributed by atoms with Crippen LogP contribution in [0.4, 0.5) is 13.6 Å². The van der Waals surface area contributed by atoms with E-state index in [1.807, 2.05) is 27.7 Å². The fraction of sp³-hybridized carbons (Fsp3) is 0.696. The molecule has 1 aromatic carbocycles. The van der Waals surface area contributed by atoms with Crippen molar-refractivity contribution in [3.8, 4) is 5.75 Å². The lowest BCUT2D eigenvalue weighted by Crippen LogP contribution is -2.54. The lowest BCUT2D eigenvalue weighted by atomic mass is 9.77. The minimum atomic E-state index is -3.12. The zero-order chi connectivity index (χ0) is 25.0. The lowest BCUT2D eigenvalue weighted by Gasteiger charge is -2.38. The maximum Gasteiger partial charge on any atom is 0.498 e. The summed E-state index contributed by atoms with van der Waals surface area (Å²) < 4.78 is 52.9. The van der Waals surface area contributed by atoms with Gasteiger partial charge in [-0.2, -0.15) is 0 Å². The first-order valence-corrected chi connectivity index (χ1v) is 11.4. The van der Waals surface area contributed by atoms with Crippen molar-refractivity contribution in [1.82, 2.24) is 4.90 Å². The molecular weight excluding hydrogens is 455 g/mol. The van der Waals surface area contributed by atoms with Gasteiger partial charge >= 0.3 is 13.2 Å². The summed E-state index contributed by atoms with van der Waals surface area (Å²) in [6.07, 6.45) is -2.28. The second-order valence-corrected chi connectivity index (χ2v) is 11.3. The molecule has 2 heterocycles. The van der Waals surface area contributed by atoms with E-state index in [-0.39, 0.29) is 6.54 Å². The van der Waals surface area contributed by atoms with E-state index < -0.39 is 55.0 Å². The van der Waals surface area contributed by atoms with Crippen molar-refractivity contribution in [2.45, 2.75) is 90.6 Å². The second-order valence-electron chi connectivity index (χ2n) is 10.9. The molecule has 0 aliphatic carbocycles. The minimum absolute atomic E-state index is 0.0324. The molecule has 2 aliphatic heterocycles. The monoisotopic (exact) mass is 487 g/mol. The molecule has 0 unspecified atom stereocenters. The highest BCUT2D eigenvalue weighted by Crippen LogP contribution is 2.38. The van der Waals surface area contributed by atoms with Gasteiger partial charge in [0.25, 0.3) is 5.92 Å². The van der Waals surface area contributed by atoms with Crippen LogP contribution in [0.5, 0.6) is 5.75 Å². The summed E-state index contributed by atoms with van der Waals surface area (Å²) in [4.78, 5) is 13.5. The van der Waals surface area contributed by atoms with E-state index in [0.717, 1.165) is 4.90 Å². The number of nitrogens with zero attached hydrogens (tertiary/aromatic N) is 1. The molecule has 1 amide bonds. The third-order valence-corrected chi connectivity index (χ3v) is 6.30. The molecule has 10 heteroatoms.